The van der Waals surface area contributed by atoms with Gasteiger partial charge in [0.25, 0.3) is 0 Å². The molecule has 2 unspecified atom stereocenters. The van der Waals surface area contributed by atoms with Crippen molar-refractivity contribution in [1.29, 1.82) is 0 Å². The van der Waals surface area contributed by atoms with Gasteiger partial charge in [0.1, 0.15) is 0 Å². The Kier molecular flexibility index (Phi) is 5.30. The fourth-order valence-corrected chi connectivity index (χ4v) is 7.19. The molecule has 4 aliphatic heterocycles. The van der Waals surface area contributed by atoms with Gasteiger partial charge in [-0.2, -0.15) is 0 Å². The highest BCUT2D eigenvalue weighted by atomic mass is 16.2. The molecule has 1 aromatic carbocycles. The van der Waals surface area contributed by atoms with E-state index < -0.39 is 0 Å². The molecule has 5 heteroatoms. The first kappa shape index (κ1) is 20.3. The van der Waals surface area contributed by atoms with Crippen molar-refractivity contribution in [1.82, 2.24) is 20.0 Å². The molecule has 4 aliphatic rings. The van der Waals surface area contributed by atoms with E-state index in [1.165, 1.54) is 24.9 Å². The standard InChI is InChI=1S/C25H38N4O/c1-4-27-17-25(29(18(2)3)24(27)30)12-21-10-11-22(13-25)28(21)16-20-14-26-15-23(20)19-8-6-5-7-9-19/h5-9,18,20-23,26H,4,10-17H2,1-3H3/t20-,21?,22?,23-,25?/m1/s1. The molecule has 0 saturated carbocycles. The molecule has 5 nitrogen and oxygen atoms in total. The molecule has 1 aromatic rings. The number of amides is 2. The van der Waals surface area contributed by atoms with Crippen LogP contribution in [0, 0.1) is 5.92 Å². The Morgan fingerprint density at radius 3 is 2.43 bits per heavy atom. The lowest BCUT2D eigenvalue weighted by Crippen LogP contribution is -2.60. The van der Waals surface area contributed by atoms with Gasteiger partial charge < -0.3 is 15.1 Å². The van der Waals surface area contributed by atoms with Crippen molar-refractivity contribution >= 4 is 6.03 Å². The van der Waals surface area contributed by atoms with E-state index in [0.717, 1.165) is 39.0 Å². The lowest BCUT2D eigenvalue weighted by molar-refractivity contribution is 0.00984. The van der Waals surface area contributed by atoms with Gasteiger partial charge >= 0.3 is 6.03 Å². The zero-order valence-corrected chi connectivity index (χ0v) is 18.9. The number of nitrogens with one attached hydrogen (secondary N) is 1. The summed E-state index contributed by atoms with van der Waals surface area (Å²) < 4.78 is 0. The number of rotatable bonds is 5. The molecule has 2 amide bonds. The van der Waals surface area contributed by atoms with Crippen LogP contribution in [0.5, 0.6) is 0 Å². The third-order valence-electron chi connectivity index (χ3n) is 8.39. The smallest absolute Gasteiger partial charge is 0.320 e. The van der Waals surface area contributed by atoms with E-state index in [0.29, 0.717) is 23.9 Å². The number of benzene rings is 1. The number of piperidine rings is 1. The second-order valence-corrected chi connectivity index (χ2v) is 10.4. The van der Waals surface area contributed by atoms with Gasteiger partial charge in [-0.25, -0.2) is 4.79 Å². The van der Waals surface area contributed by atoms with Crippen LogP contribution >= 0.6 is 0 Å². The minimum atomic E-state index is 0.0519. The Hall–Kier alpha value is -1.59. The van der Waals surface area contributed by atoms with Gasteiger partial charge in [-0.3, -0.25) is 4.90 Å². The fraction of sp³-hybridized carbons (Fsp3) is 0.720. The van der Waals surface area contributed by atoms with Gasteiger partial charge in [0.15, 0.2) is 0 Å². The largest absolute Gasteiger partial charge is 0.323 e. The van der Waals surface area contributed by atoms with Crippen molar-refractivity contribution in [3.05, 3.63) is 35.9 Å². The van der Waals surface area contributed by atoms with Crippen LogP contribution in [0.2, 0.25) is 0 Å². The molecule has 0 aliphatic carbocycles. The van der Waals surface area contributed by atoms with Crippen LogP contribution in [-0.2, 0) is 0 Å². The number of nitrogens with zero attached hydrogens (tertiary/aromatic N) is 3. The Labute approximate surface area is 181 Å². The molecule has 1 spiro atoms. The number of carbonyl (C=O) groups is 1. The molecule has 1 N–H and O–H groups in total. The molecule has 4 fully saturated rings. The van der Waals surface area contributed by atoms with Crippen LogP contribution in [0.1, 0.15) is 57.9 Å². The third kappa shape index (κ3) is 3.25. The summed E-state index contributed by atoms with van der Waals surface area (Å²) in [5, 5.41) is 3.66. The number of likely N-dealkylation sites (N-methyl/N-ethyl adjacent to an activating group) is 1. The molecule has 0 aromatic heterocycles. The molecule has 4 saturated heterocycles. The summed E-state index contributed by atoms with van der Waals surface area (Å²) in [7, 11) is 0. The zero-order chi connectivity index (χ0) is 20.9. The highest BCUT2D eigenvalue weighted by molar-refractivity contribution is 5.78. The first-order chi connectivity index (χ1) is 14.5. The van der Waals surface area contributed by atoms with Crippen molar-refractivity contribution in [3.63, 3.8) is 0 Å². The third-order valence-corrected chi connectivity index (χ3v) is 8.39. The predicted molar refractivity (Wildman–Crippen MR) is 121 cm³/mol. The summed E-state index contributed by atoms with van der Waals surface area (Å²) in [6.45, 7) is 11.7. The quantitative estimate of drug-likeness (QED) is 0.807. The van der Waals surface area contributed by atoms with E-state index in [1.54, 1.807) is 0 Å². The minimum absolute atomic E-state index is 0.0519. The highest BCUT2D eigenvalue weighted by Gasteiger charge is 2.57. The average Bonchev–Trinajstić information content (AvgIpc) is 3.37. The fourth-order valence-electron chi connectivity index (χ4n) is 7.19. The lowest BCUT2D eigenvalue weighted by Gasteiger charge is -2.50. The van der Waals surface area contributed by atoms with Crippen LogP contribution in [0.25, 0.3) is 0 Å². The number of hydrogen-bond donors (Lipinski definition) is 1. The maximum absolute atomic E-state index is 13.1. The predicted octanol–water partition coefficient (Wildman–Crippen LogP) is 3.52. The number of urea groups is 1. The lowest BCUT2D eigenvalue weighted by atomic mass is 9.80. The van der Waals surface area contributed by atoms with Gasteiger partial charge in [0.2, 0.25) is 0 Å². The second-order valence-electron chi connectivity index (χ2n) is 10.4. The zero-order valence-electron chi connectivity index (χ0n) is 18.9. The summed E-state index contributed by atoms with van der Waals surface area (Å²) in [5.74, 6) is 1.31. The van der Waals surface area contributed by atoms with E-state index in [1.807, 2.05) is 0 Å². The van der Waals surface area contributed by atoms with Crippen LogP contribution < -0.4 is 5.32 Å². The topological polar surface area (TPSA) is 38.8 Å². The van der Waals surface area contributed by atoms with Gasteiger partial charge in [-0.15, -0.1) is 0 Å². The Bertz CT molecular complexity index is 752. The van der Waals surface area contributed by atoms with E-state index in [-0.39, 0.29) is 17.6 Å². The molecule has 30 heavy (non-hydrogen) atoms. The number of fused-ring (bicyclic) bond motifs is 2. The van der Waals surface area contributed by atoms with Crippen LogP contribution in [0.15, 0.2) is 30.3 Å². The van der Waals surface area contributed by atoms with Gasteiger partial charge in [-0.1, -0.05) is 30.3 Å². The number of carbonyl (C=O) groups excluding carboxylic acids is 1. The van der Waals surface area contributed by atoms with Gasteiger partial charge in [-0.05, 0) is 64.5 Å². The van der Waals surface area contributed by atoms with Crippen molar-refractivity contribution in [2.24, 2.45) is 5.92 Å². The van der Waals surface area contributed by atoms with Gasteiger partial charge in [0.05, 0.1) is 5.54 Å². The van der Waals surface area contributed by atoms with Crippen LogP contribution in [0.3, 0.4) is 0 Å². The molecule has 164 valence electrons. The van der Waals surface area contributed by atoms with Crippen molar-refractivity contribution in [3.8, 4) is 0 Å². The maximum atomic E-state index is 13.1. The first-order valence-electron chi connectivity index (χ1n) is 12.1. The summed E-state index contributed by atoms with van der Waals surface area (Å²) >= 11 is 0. The SMILES string of the molecule is CCN1CC2(CC3CCC(C2)N3C[C@H]2CNC[C@@H]2c2ccccc2)N(C(C)C)C1=O. The molecule has 4 atom stereocenters. The monoisotopic (exact) mass is 410 g/mol. The highest BCUT2D eigenvalue weighted by Crippen LogP contribution is 2.48. The number of hydrogen-bond acceptors (Lipinski definition) is 3. The van der Waals surface area contributed by atoms with E-state index in [2.05, 4.69) is 71.1 Å². The van der Waals surface area contributed by atoms with E-state index in [4.69, 9.17) is 0 Å². The van der Waals surface area contributed by atoms with E-state index >= 15 is 0 Å². The molecular weight excluding hydrogens is 372 g/mol. The Balaban J connectivity index is 1.33. The van der Waals surface area contributed by atoms with Crippen molar-refractivity contribution in [2.75, 3.05) is 32.7 Å². The van der Waals surface area contributed by atoms with Crippen LogP contribution in [0.4, 0.5) is 4.79 Å². The normalized spacial score (nSPS) is 36.6. The first-order valence-corrected chi connectivity index (χ1v) is 12.1. The molecule has 5 rings (SSSR count). The summed E-state index contributed by atoms with van der Waals surface area (Å²) in [5.41, 5.74) is 1.54. The minimum Gasteiger partial charge on any atom is -0.323 e. The maximum Gasteiger partial charge on any atom is 0.320 e. The molecule has 4 heterocycles. The molecule has 0 radical (unpaired) electrons. The van der Waals surface area contributed by atoms with Crippen molar-refractivity contribution < 1.29 is 4.79 Å². The second kappa shape index (κ2) is 7.83. The summed E-state index contributed by atoms with van der Waals surface area (Å²) in [6, 6.07) is 12.9. The summed E-state index contributed by atoms with van der Waals surface area (Å²) in [4.78, 5) is 20.3. The molecule has 2 bridgehead atoms. The molecular formula is C25H38N4O. The van der Waals surface area contributed by atoms with E-state index in [9.17, 15) is 4.79 Å². The average molecular weight is 411 g/mol. The van der Waals surface area contributed by atoms with Crippen LogP contribution in [-0.4, -0.2) is 77.1 Å². The Morgan fingerprint density at radius 1 is 1.10 bits per heavy atom. The van der Waals surface area contributed by atoms with Gasteiger partial charge in [0, 0.05) is 50.2 Å². The van der Waals surface area contributed by atoms with Crippen molar-refractivity contribution in [2.45, 2.75) is 76.0 Å². The Morgan fingerprint density at radius 2 is 1.80 bits per heavy atom. The summed E-state index contributed by atoms with van der Waals surface area (Å²) in [6.07, 6.45) is 4.91.